The number of hydrogen-bond acceptors (Lipinski definition) is 4. The van der Waals surface area contributed by atoms with Crippen molar-refractivity contribution in [3.8, 4) is 0 Å². The minimum Gasteiger partial charge on any atom is -0.378 e. The maximum Gasteiger partial charge on any atom is 0.435 e. The quantitative estimate of drug-likeness (QED) is 0.874. The molecule has 0 unspecified atom stereocenters. The highest BCUT2D eigenvalue weighted by Gasteiger charge is 2.33. The largest absolute Gasteiger partial charge is 0.435 e. The summed E-state index contributed by atoms with van der Waals surface area (Å²) in [5.74, 6) is -0.501. The second-order valence-corrected chi connectivity index (χ2v) is 6.14. The molecule has 1 aromatic carbocycles. The van der Waals surface area contributed by atoms with Crippen LogP contribution in [-0.2, 0) is 22.3 Å². The lowest BCUT2D eigenvalue weighted by atomic mass is 10.2. The molecule has 0 saturated carbocycles. The maximum atomic E-state index is 12.6. The van der Waals surface area contributed by atoms with Gasteiger partial charge in [0.25, 0.3) is 0 Å². The number of carbonyl (C=O) groups is 1. The van der Waals surface area contributed by atoms with Crippen LogP contribution in [0.15, 0.2) is 30.5 Å². The van der Waals surface area contributed by atoms with Crippen molar-refractivity contribution in [3.63, 3.8) is 0 Å². The van der Waals surface area contributed by atoms with Gasteiger partial charge in [-0.25, -0.2) is 0 Å². The molecule has 1 aromatic heterocycles. The lowest BCUT2D eigenvalue weighted by Crippen LogP contribution is -2.36. The van der Waals surface area contributed by atoms with Crippen LogP contribution in [0.4, 0.5) is 24.5 Å². The van der Waals surface area contributed by atoms with Crippen LogP contribution in [0.25, 0.3) is 0 Å². The Morgan fingerprint density at radius 2 is 2.00 bits per heavy atom. The highest BCUT2D eigenvalue weighted by Crippen LogP contribution is 2.30. The zero-order valence-electron chi connectivity index (χ0n) is 13.6. The molecule has 10 heteroatoms. The lowest BCUT2D eigenvalue weighted by Gasteiger charge is -2.30. The molecule has 0 radical (unpaired) electrons. The number of anilines is 2. The summed E-state index contributed by atoms with van der Waals surface area (Å²) in [6, 6.07) is 5.93. The number of amides is 1. The molecule has 0 bridgehead atoms. The van der Waals surface area contributed by atoms with E-state index in [0.29, 0.717) is 37.0 Å². The Labute approximate surface area is 152 Å². The third-order valence-corrected chi connectivity index (χ3v) is 4.06. The van der Waals surface area contributed by atoms with Crippen LogP contribution in [0.3, 0.4) is 0 Å². The fourth-order valence-corrected chi connectivity index (χ4v) is 2.80. The minimum atomic E-state index is -4.54. The van der Waals surface area contributed by atoms with E-state index < -0.39 is 17.8 Å². The normalized spacial score (nSPS) is 15.2. The Hall–Kier alpha value is -2.26. The van der Waals surface area contributed by atoms with Gasteiger partial charge < -0.3 is 15.0 Å². The van der Waals surface area contributed by atoms with Gasteiger partial charge in [0, 0.05) is 24.3 Å². The van der Waals surface area contributed by atoms with Gasteiger partial charge in [0.15, 0.2) is 5.69 Å². The van der Waals surface area contributed by atoms with Gasteiger partial charge in [-0.3, -0.25) is 9.48 Å². The standard InChI is InChI=1S/C16H16ClF3N4O2/c17-11-1-2-13(23-5-7-26-8-6-23)12(9-11)21-15(25)10-24-4-3-14(22-24)16(18,19)20/h1-4,9H,5-8,10H2,(H,21,25). The van der Waals surface area contributed by atoms with Gasteiger partial charge in [-0.1, -0.05) is 11.6 Å². The number of benzene rings is 1. The molecule has 1 aliphatic rings. The fourth-order valence-electron chi connectivity index (χ4n) is 2.63. The van der Waals surface area contributed by atoms with E-state index in [1.54, 1.807) is 18.2 Å². The maximum absolute atomic E-state index is 12.6. The topological polar surface area (TPSA) is 59.4 Å². The van der Waals surface area contributed by atoms with Crippen molar-refractivity contribution >= 4 is 28.9 Å². The molecule has 1 aliphatic heterocycles. The Balaban J connectivity index is 1.72. The number of nitrogens with zero attached hydrogens (tertiary/aromatic N) is 3. The smallest absolute Gasteiger partial charge is 0.378 e. The van der Waals surface area contributed by atoms with Crippen molar-refractivity contribution in [2.45, 2.75) is 12.7 Å². The molecule has 1 fully saturated rings. The number of carbonyl (C=O) groups excluding carboxylic acids is 1. The van der Waals surface area contributed by atoms with Crippen LogP contribution in [0.2, 0.25) is 5.02 Å². The van der Waals surface area contributed by atoms with Gasteiger partial charge >= 0.3 is 6.18 Å². The molecule has 1 amide bonds. The van der Waals surface area contributed by atoms with Crippen LogP contribution >= 0.6 is 11.6 Å². The van der Waals surface area contributed by atoms with Gasteiger partial charge in [0.05, 0.1) is 24.6 Å². The van der Waals surface area contributed by atoms with Crippen molar-refractivity contribution in [2.24, 2.45) is 0 Å². The summed E-state index contributed by atoms with van der Waals surface area (Å²) in [5, 5.41) is 6.51. The number of rotatable bonds is 4. The third kappa shape index (κ3) is 4.47. The summed E-state index contributed by atoms with van der Waals surface area (Å²) in [6.45, 7) is 2.13. The predicted molar refractivity (Wildman–Crippen MR) is 90.3 cm³/mol. The number of hydrogen-bond donors (Lipinski definition) is 1. The zero-order chi connectivity index (χ0) is 18.7. The van der Waals surface area contributed by atoms with Crippen LogP contribution in [0.5, 0.6) is 0 Å². The van der Waals surface area contributed by atoms with Crippen LogP contribution in [-0.4, -0.2) is 42.0 Å². The third-order valence-electron chi connectivity index (χ3n) is 3.82. The summed E-state index contributed by atoms with van der Waals surface area (Å²) in [7, 11) is 0. The Morgan fingerprint density at radius 1 is 1.27 bits per heavy atom. The van der Waals surface area contributed by atoms with E-state index in [1.807, 2.05) is 4.90 Å². The molecule has 0 aliphatic carbocycles. The number of halogens is 4. The van der Waals surface area contributed by atoms with Gasteiger partial charge in [0.1, 0.15) is 6.54 Å². The first kappa shape index (κ1) is 18.5. The van der Waals surface area contributed by atoms with E-state index in [-0.39, 0.29) is 6.54 Å². The predicted octanol–water partition coefficient (Wildman–Crippen LogP) is 3.03. The second-order valence-electron chi connectivity index (χ2n) is 5.71. The van der Waals surface area contributed by atoms with Crippen molar-refractivity contribution in [3.05, 3.63) is 41.2 Å². The molecule has 0 atom stereocenters. The zero-order valence-corrected chi connectivity index (χ0v) is 14.3. The number of nitrogens with one attached hydrogen (secondary N) is 1. The second kappa shape index (κ2) is 7.55. The SMILES string of the molecule is O=C(Cn1ccc(C(F)(F)F)n1)Nc1cc(Cl)ccc1N1CCOCC1. The Bertz CT molecular complexity index is 788. The summed E-state index contributed by atoms with van der Waals surface area (Å²) >= 11 is 6.02. The molecule has 2 heterocycles. The monoisotopic (exact) mass is 388 g/mol. The average molecular weight is 389 g/mol. The first-order valence-corrected chi connectivity index (χ1v) is 8.23. The number of ether oxygens (including phenoxy) is 1. The van der Waals surface area contributed by atoms with Gasteiger partial charge in [-0.2, -0.15) is 18.3 Å². The molecule has 1 N–H and O–H groups in total. The Kier molecular flexibility index (Phi) is 5.38. The summed E-state index contributed by atoms with van der Waals surface area (Å²) in [5.41, 5.74) is 0.233. The highest BCUT2D eigenvalue weighted by molar-refractivity contribution is 6.31. The average Bonchev–Trinajstić information content (AvgIpc) is 3.04. The van der Waals surface area contributed by atoms with Gasteiger partial charge in [0.2, 0.25) is 5.91 Å². The molecule has 1 saturated heterocycles. The minimum absolute atomic E-state index is 0.342. The van der Waals surface area contributed by atoms with Gasteiger partial charge in [-0.05, 0) is 24.3 Å². The van der Waals surface area contributed by atoms with E-state index in [1.165, 1.54) is 0 Å². The molecule has 3 rings (SSSR count). The van der Waals surface area contributed by atoms with Gasteiger partial charge in [-0.15, -0.1) is 0 Å². The van der Waals surface area contributed by atoms with E-state index in [4.69, 9.17) is 16.3 Å². The first-order chi connectivity index (χ1) is 12.3. The van der Waals surface area contributed by atoms with E-state index in [0.717, 1.165) is 22.6 Å². The van der Waals surface area contributed by atoms with Crippen LogP contribution in [0.1, 0.15) is 5.69 Å². The van der Waals surface area contributed by atoms with Crippen molar-refractivity contribution in [1.82, 2.24) is 9.78 Å². The van der Waals surface area contributed by atoms with E-state index in [9.17, 15) is 18.0 Å². The molecule has 0 spiro atoms. The van der Waals surface area contributed by atoms with E-state index in [2.05, 4.69) is 10.4 Å². The first-order valence-electron chi connectivity index (χ1n) is 7.86. The summed E-state index contributed by atoms with van der Waals surface area (Å²) in [6.07, 6.45) is -3.43. The van der Waals surface area contributed by atoms with Crippen molar-refractivity contribution in [1.29, 1.82) is 0 Å². The molecule has 140 valence electrons. The fraction of sp³-hybridized carbons (Fsp3) is 0.375. The Morgan fingerprint density at radius 3 is 2.65 bits per heavy atom. The van der Waals surface area contributed by atoms with E-state index >= 15 is 0 Å². The summed E-state index contributed by atoms with van der Waals surface area (Å²) in [4.78, 5) is 14.3. The van der Waals surface area contributed by atoms with Crippen molar-refractivity contribution in [2.75, 3.05) is 36.5 Å². The molecular weight excluding hydrogens is 373 g/mol. The van der Waals surface area contributed by atoms with Crippen molar-refractivity contribution < 1.29 is 22.7 Å². The molecule has 26 heavy (non-hydrogen) atoms. The number of morpholine rings is 1. The molecule has 6 nitrogen and oxygen atoms in total. The molecule has 2 aromatic rings. The number of alkyl halides is 3. The highest BCUT2D eigenvalue weighted by atomic mass is 35.5. The van der Waals surface area contributed by atoms with Crippen LogP contribution < -0.4 is 10.2 Å². The molecular formula is C16H16ClF3N4O2. The summed E-state index contributed by atoms with van der Waals surface area (Å²) < 4.78 is 44.0. The van der Waals surface area contributed by atoms with Crippen LogP contribution in [0, 0.1) is 0 Å². The number of aromatic nitrogens is 2. The lowest BCUT2D eigenvalue weighted by molar-refractivity contribution is -0.141.